The van der Waals surface area contributed by atoms with Crippen molar-refractivity contribution in [3.05, 3.63) is 85.1 Å². The van der Waals surface area contributed by atoms with Gasteiger partial charge in [0.15, 0.2) is 6.10 Å². The predicted molar refractivity (Wildman–Crippen MR) is 236 cm³/mol. The molecule has 4 atom stereocenters. The maximum atomic E-state index is 12.7. The molecule has 0 aliphatic carbocycles. The lowest BCUT2D eigenvalue weighted by Gasteiger charge is -2.24. The van der Waals surface area contributed by atoms with Gasteiger partial charge in [-0.2, -0.15) is 0 Å². The van der Waals surface area contributed by atoms with E-state index in [1.807, 2.05) is 33.3 Å². The van der Waals surface area contributed by atoms with Crippen LogP contribution in [-0.2, 0) is 32.7 Å². The van der Waals surface area contributed by atoms with Gasteiger partial charge in [0.05, 0.1) is 40.0 Å². The summed E-state index contributed by atoms with van der Waals surface area (Å²) in [6.45, 7) is 3.80. The Kier molecular flexibility index (Phi) is 35.3. The second kappa shape index (κ2) is 37.1. The van der Waals surface area contributed by atoms with Crippen LogP contribution in [0.1, 0.15) is 129 Å². The Morgan fingerprint density at radius 2 is 1.10 bits per heavy atom. The van der Waals surface area contributed by atoms with Crippen molar-refractivity contribution in [3.8, 4) is 0 Å². The highest BCUT2D eigenvalue weighted by atomic mass is 31.2. The molecule has 0 radical (unpaired) electrons. The Morgan fingerprint density at radius 1 is 0.603 bits per heavy atom. The number of phosphoric ester groups is 1. The van der Waals surface area contributed by atoms with Crippen molar-refractivity contribution in [2.75, 3.05) is 47.5 Å². The number of ether oxygens (including phenoxy) is 2. The summed E-state index contributed by atoms with van der Waals surface area (Å²) in [5, 5.41) is 20.7. The Hall–Kier alpha value is -2.89. The molecule has 0 saturated carbocycles. The van der Waals surface area contributed by atoms with Gasteiger partial charge in [0.1, 0.15) is 19.8 Å². The van der Waals surface area contributed by atoms with Gasteiger partial charge in [-0.05, 0) is 83.5 Å². The summed E-state index contributed by atoms with van der Waals surface area (Å²) in [5.41, 5.74) is 0. The number of rotatable bonds is 37. The summed E-state index contributed by atoms with van der Waals surface area (Å²) in [5.74, 6) is -1.12. The quantitative estimate of drug-likeness (QED) is 0.0182. The lowest BCUT2D eigenvalue weighted by Crippen LogP contribution is -2.37. The average molecular weight is 837 g/mol. The fraction of sp³-hybridized carbons (Fsp3) is 0.652. The zero-order chi connectivity index (χ0) is 43.2. The van der Waals surface area contributed by atoms with Crippen LogP contribution in [0.5, 0.6) is 0 Å². The van der Waals surface area contributed by atoms with Gasteiger partial charge < -0.3 is 29.1 Å². The van der Waals surface area contributed by atoms with E-state index in [1.54, 1.807) is 0 Å². The van der Waals surface area contributed by atoms with Crippen molar-refractivity contribution in [3.63, 3.8) is 0 Å². The van der Waals surface area contributed by atoms with Crippen LogP contribution in [0.25, 0.3) is 0 Å². The molecule has 0 aliphatic heterocycles. The minimum Gasteiger partial charge on any atom is -0.462 e. The normalized spacial score (nSPS) is 15.5. The molecule has 0 aliphatic rings. The first-order valence-corrected chi connectivity index (χ1v) is 23.0. The van der Waals surface area contributed by atoms with E-state index in [4.69, 9.17) is 18.5 Å². The smallest absolute Gasteiger partial charge is 0.462 e. The van der Waals surface area contributed by atoms with E-state index in [0.29, 0.717) is 17.4 Å². The molecule has 0 aromatic rings. The number of hydrogen-bond acceptors (Lipinski definition) is 9. The largest absolute Gasteiger partial charge is 0.472 e. The van der Waals surface area contributed by atoms with Gasteiger partial charge in [0.25, 0.3) is 0 Å². The number of likely N-dealkylation sites (N-methyl/N-ethyl adjacent to an activating group) is 1. The van der Waals surface area contributed by atoms with Gasteiger partial charge in [0, 0.05) is 12.8 Å². The van der Waals surface area contributed by atoms with Gasteiger partial charge in [0.2, 0.25) is 0 Å². The van der Waals surface area contributed by atoms with Crippen molar-refractivity contribution < 1.29 is 52.3 Å². The summed E-state index contributed by atoms with van der Waals surface area (Å²) in [7, 11) is 1.29. The predicted octanol–water partition coefficient (Wildman–Crippen LogP) is 9.96. The number of carbonyl (C=O) groups excluding carboxylic acids is 2. The number of carbonyl (C=O) groups is 2. The lowest BCUT2D eigenvalue weighted by molar-refractivity contribution is -0.870. The SMILES string of the molecule is CC/C=C\C/C=C\C/C=C\C/C=C\C[C@H](O)[C@@H](O)CCCC(=O)OC[C@H](COP(=O)(O)OCC[N+](C)(C)C)OC(=O)CCCCCCC/C=C\C/C=C\C/C=C\CC. The highest BCUT2D eigenvalue weighted by Crippen LogP contribution is 2.43. The fourth-order valence-corrected chi connectivity index (χ4v) is 5.91. The molecule has 0 aromatic carbocycles. The van der Waals surface area contributed by atoms with Crippen LogP contribution in [0.2, 0.25) is 0 Å². The number of hydrogen-bond donors (Lipinski definition) is 3. The zero-order valence-corrected chi connectivity index (χ0v) is 37.4. The van der Waals surface area contributed by atoms with E-state index in [1.165, 1.54) is 0 Å². The van der Waals surface area contributed by atoms with Crippen molar-refractivity contribution in [2.24, 2.45) is 0 Å². The van der Waals surface area contributed by atoms with E-state index in [-0.39, 0.29) is 45.3 Å². The van der Waals surface area contributed by atoms with Gasteiger partial charge in [-0.1, -0.05) is 118 Å². The van der Waals surface area contributed by atoms with Gasteiger partial charge in [-0.25, -0.2) is 4.57 Å². The summed E-state index contributed by atoms with van der Waals surface area (Å²) < 4.78 is 34.0. The monoisotopic (exact) mass is 837 g/mol. The van der Waals surface area contributed by atoms with E-state index < -0.39 is 44.7 Å². The Labute approximate surface area is 351 Å². The van der Waals surface area contributed by atoms with Gasteiger partial charge in [-0.15, -0.1) is 0 Å². The Balaban J connectivity index is 4.66. The molecule has 0 aromatic heterocycles. The number of allylic oxidation sites excluding steroid dienone is 13. The Bertz CT molecular complexity index is 1300. The maximum absolute atomic E-state index is 12.7. The first-order valence-electron chi connectivity index (χ1n) is 21.5. The van der Waals surface area contributed by atoms with Crippen LogP contribution in [0.4, 0.5) is 0 Å². The van der Waals surface area contributed by atoms with Crippen LogP contribution in [0.3, 0.4) is 0 Å². The minimum atomic E-state index is -4.45. The standard InChI is InChI=1S/C46H78NO10P/c1-6-8-10-12-14-16-18-20-21-22-24-26-28-30-32-36-46(51)57-42(41-56-58(52,53)55-39-38-47(3,4)5)40-54-45(50)37-33-35-44(49)43(48)34-31-29-27-25-23-19-17-15-13-11-9-7-2/h8-11,14-17,20-21,23,25,29,31,42-44,48-49H,6-7,12-13,18-19,22,24,26-28,30,32-41H2,1-5H3/p+1/b10-8-,11-9-,16-14-,17-15-,21-20-,25-23-,31-29-/t42-,43+,44+/m1/s1. The van der Waals surface area contributed by atoms with Crippen LogP contribution in [0, 0.1) is 0 Å². The fourth-order valence-electron chi connectivity index (χ4n) is 5.17. The third-order valence-corrected chi connectivity index (χ3v) is 9.61. The van der Waals surface area contributed by atoms with E-state index in [0.717, 1.165) is 77.0 Å². The molecule has 58 heavy (non-hydrogen) atoms. The summed E-state index contributed by atoms with van der Waals surface area (Å²) in [6, 6.07) is 0. The van der Waals surface area contributed by atoms with E-state index in [9.17, 15) is 29.3 Å². The van der Waals surface area contributed by atoms with Crippen molar-refractivity contribution in [1.29, 1.82) is 0 Å². The van der Waals surface area contributed by atoms with Crippen LogP contribution in [-0.4, -0.2) is 97.3 Å². The Morgan fingerprint density at radius 3 is 1.67 bits per heavy atom. The molecule has 11 nitrogen and oxygen atoms in total. The third kappa shape index (κ3) is 38.6. The second-order valence-electron chi connectivity index (χ2n) is 15.3. The number of aliphatic hydroxyl groups excluding tert-OH is 2. The topological polar surface area (TPSA) is 149 Å². The van der Waals surface area contributed by atoms with Gasteiger partial charge >= 0.3 is 19.8 Å². The van der Waals surface area contributed by atoms with Gasteiger partial charge in [-0.3, -0.25) is 18.6 Å². The molecule has 0 heterocycles. The van der Waals surface area contributed by atoms with Crippen molar-refractivity contribution >= 4 is 19.8 Å². The highest BCUT2D eigenvalue weighted by molar-refractivity contribution is 7.47. The second-order valence-corrected chi connectivity index (χ2v) is 16.7. The van der Waals surface area contributed by atoms with Crippen LogP contribution in [0.15, 0.2) is 85.1 Å². The van der Waals surface area contributed by atoms with E-state index >= 15 is 0 Å². The molecule has 0 saturated heterocycles. The van der Waals surface area contributed by atoms with Crippen LogP contribution >= 0.6 is 7.82 Å². The van der Waals surface area contributed by atoms with Crippen molar-refractivity contribution in [1.82, 2.24) is 0 Å². The first-order chi connectivity index (χ1) is 27.8. The maximum Gasteiger partial charge on any atom is 0.472 e. The third-order valence-electron chi connectivity index (χ3n) is 8.62. The summed E-state index contributed by atoms with van der Waals surface area (Å²) in [4.78, 5) is 35.4. The minimum absolute atomic E-state index is 0.0223. The summed E-state index contributed by atoms with van der Waals surface area (Å²) >= 11 is 0. The number of quaternary nitrogens is 1. The number of nitrogens with zero attached hydrogens (tertiary/aromatic N) is 1. The molecule has 3 N–H and O–H groups in total. The number of unbranched alkanes of at least 4 members (excludes halogenated alkanes) is 5. The molecule has 0 fully saturated rings. The summed E-state index contributed by atoms with van der Waals surface area (Å²) in [6.07, 6.45) is 39.5. The van der Waals surface area contributed by atoms with Crippen LogP contribution < -0.4 is 0 Å². The molecule has 1 unspecified atom stereocenters. The average Bonchev–Trinajstić information content (AvgIpc) is 3.17. The molecular formula is C46H79NO10P+. The molecule has 332 valence electrons. The zero-order valence-electron chi connectivity index (χ0n) is 36.5. The first kappa shape index (κ1) is 55.1. The number of aliphatic hydroxyl groups is 2. The number of phosphoric acid groups is 1. The molecule has 0 amide bonds. The molecule has 0 spiro atoms. The molecular weight excluding hydrogens is 757 g/mol. The van der Waals surface area contributed by atoms with Crippen molar-refractivity contribution in [2.45, 2.75) is 148 Å². The number of esters is 2. The molecule has 0 bridgehead atoms. The molecule has 12 heteroatoms. The molecule has 0 rings (SSSR count). The highest BCUT2D eigenvalue weighted by Gasteiger charge is 2.27. The lowest BCUT2D eigenvalue weighted by atomic mass is 10.0. The van der Waals surface area contributed by atoms with E-state index in [2.05, 4.69) is 86.8 Å².